The molecule has 0 amide bonds. The molecular formula is C17H29NO3. The van der Waals surface area contributed by atoms with Crippen molar-refractivity contribution in [1.29, 1.82) is 0 Å². The zero-order valence-corrected chi connectivity index (χ0v) is 13.8. The van der Waals surface area contributed by atoms with E-state index in [1.807, 2.05) is 26.8 Å². The average Bonchev–Trinajstić information content (AvgIpc) is 2.46. The van der Waals surface area contributed by atoms with Gasteiger partial charge in [-0.15, -0.1) is 0 Å². The van der Waals surface area contributed by atoms with Crippen LogP contribution in [-0.4, -0.2) is 49.3 Å². The van der Waals surface area contributed by atoms with Crippen LogP contribution in [0.25, 0.3) is 0 Å². The number of carbonyl (C=O) groups excluding carboxylic acids is 1. The van der Waals surface area contributed by atoms with Gasteiger partial charge in [-0.05, 0) is 39.7 Å². The van der Waals surface area contributed by atoms with Gasteiger partial charge in [0.1, 0.15) is 6.10 Å². The summed E-state index contributed by atoms with van der Waals surface area (Å²) in [5.74, 6) is -0.133. The highest BCUT2D eigenvalue weighted by Gasteiger charge is 2.33. The Balaban J connectivity index is 1.95. The first-order valence-electron chi connectivity index (χ1n) is 8.06. The molecule has 0 radical (unpaired) electrons. The summed E-state index contributed by atoms with van der Waals surface area (Å²) in [6.07, 6.45) is 9.13. The smallest absolute Gasteiger partial charge is 0.311 e. The molecule has 0 aromatic rings. The number of hydrogen-bond acceptors (Lipinski definition) is 4. The van der Waals surface area contributed by atoms with Crippen LogP contribution in [0.15, 0.2) is 12.2 Å². The molecule has 1 aliphatic heterocycles. The van der Waals surface area contributed by atoms with Gasteiger partial charge in [0.15, 0.2) is 0 Å². The van der Waals surface area contributed by atoms with Gasteiger partial charge in [0.05, 0.1) is 11.5 Å². The number of methoxy groups -OCH3 is 1. The van der Waals surface area contributed by atoms with Gasteiger partial charge < -0.3 is 9.47 Å². The summed E-state index contributed by atoms with van der Waals surface area (Å²) in [5.41, 5.74) is -0.448. The molecule has 0 spiro atoms. The van der Waals surface area contributed by atoms with Gasteiger partial charge in [0.25, 0.3) is 0 Å². The normalized spacial score (nSPS) is 31.1. The van der Waals surface area contributed by atoms with Gasteiger partial charge in [0, 0.05) is 26.2 Å². The molecule has 4 nitrogen and oxygen atoms in total. The highest BCUT2D eigenvalue weighted by Crippen LogP contribution is 2.27. The zero-order chi connectivity index (χ0) is 15.5. The number of rotatable bonds is 3. The lowest BCUT2D eigenvalue weighted by Crippen LogP contribution is -2.51. The minimum Gasteiger partial charge on any atom is -0.456 e. The lowest BCUT2D eigenvalue weighted by molar-refractivity contribution is -0.158. The Labute approximate surface area is 128 Å². The van der Waals surface area contributed by atoms with Crippen LogP contribution in [0.1, 0.15) is 46.5 Å². The van der Waals surface area contributed by atoms with Crippen molar-refractivity contribution in [1.82, 2.24) is 4.90 Å². The summed E-state index contributed by atoms with van der Waals surface area (Å²) >= 11 is 0. The molecule has 2 aliphatic rings. The van der Waals surface area contributed by atoms with Crippen LogP contribution in [0, 0.1) is 5.41 Å². The van der Waals surface area contributed by atoms with Gasteiger partial charge in [-0.3, -0.25) is 9.69 Å². The Morgan fingerprint density at radius 2 is 1.95 bits per heavy atom. The Kier molecular flexibility index (Phi) is 5.44. The van der Waals surface area contributed by atoms with E-state index in [0.29, 0.717) is 12.1 Å². The molecule has 1 aliphatic carbocycles. The second-order valence-electron chi connectivity index (χ2n) is 7.20. The van der Waals surface area contributed by atoms with Crippen molar-refractivity contribution in [2.45, 2.75) is 64.7 Å². The standard InChI is InChI=1S/C17H29NO3/c1-17(2,3)16(19)21-13-8-7-11-18(12-13)14-9-5-6-10-15(14)20-4/h7-8,13-15H,5-6,9-12H2,1-4H3. The molecule has 4 heteroatoms. The molecule has 2 rings (SSSR count). The summed E-state index contributed by atoms with van der Waals surface area (Å²) in [5, 5.41) is 0. The van der Waals surface area contributed by atoms with E-state index >= 15 is 0 Å². The Bertz CT molecular complexity index is 386. The van der Waals surface area contributed by atoms with E-state index in [2.05, 4.69) is 11.0 Å². The number of esters is 1. The third-order valence-corrected chi connectivity index (χ3v) is 4.42. The molecule has 3 atom stereocenters. The van der Waals surface area contributed by atoms with Crippen LogP contribution in [-0.2, 0) is 14.3 Å². The van der Waals surface area contributed by atoms with Crippen molar-refractivity contribution in [3.8, 4) is 0 Å². The predicted molar refractivity (Wildman–Crippen MR) is 83.1 cm³/mol. The molecule has 0 saturated heterocycles. The van der Waals surface area contributed by atoms with E-state index in [1.54, 1.807) is 7.11 Å². The molecule has 21 heavy (non-hydrogen) atoms. The summed E-state index contributed by atoms with van der Waals surface area (Å²) in [4.78, 5) is 14.4. The Hall–Kier alpha value is -0.870. The van der Waals surface area contributed by atoms with Crippen LogP contribution in [0.2, 0.25) is 0 Å². The van der Waals surface area contributed by atoms with E-state index in [0.717, 1.165) is 19.5 Å². The minimum absolute atomic E-state index is 0.133. The monoisotopic (exact) mass is 295 g/mol. The van der Waals surface area contributed by atoms with E-state index < -0.39 is 5.41 Å². The summed E-state index contributed by atoms with van der Waals surface area (Å²) < 4.78 is 11.3. The molecule has 3 unspecified atom stereocenters. The second kappa shape index (κ2) is 6.93. The highest BCUT2D eigenvalue weighted by molar-refractivity contribution is 5.75. The largest absolute Gasteiger partial charge is 0.456 e. The third-order valence-electron chi connectivity index (χ3n) is 4.42. The molecule has 0 aromatic carbocycles. The summed E-state index contributed by atoms with van der Waals surface area (Å²) in [7, 11) is 1.81. The fraction of sp³-hybridized carbons (Fsp3) is 0.824. The van der Waals surface area contributed by atoms with Crippen LogP contribution in [0.3, 0.4) is 0 Å². The van der Waals surface area contributed by atoms with E-state index in [9.17, 15) is 4.79 Å². The van der Waals surface area contributed by atoms with Crippen LogP contribution < -0.4 is 0 Å². The third kappa shape index (κ3) is 4.30. The maximum Gasteiger partial charge on any atom is 0.311 e. The number of carbonyl (C=O) groups is 1. The number of hydrogen-bond donors (Lipinski definition) is 0. The second-order valence-corrected chi connectivity index (χ2v) is 7.20. The minimum atomic E-state index is -0.448. The molecular weight excluding hydrogens is 266 g/mol. The fourth-order valence-electron chi connectivity index (χ4n) is 3.15. The van der Waals surface area contributed by atoms with Crippen molar-refractivity contribution in [2.75, 3.05) is 20.2 Å². The topological polar surface area (TPSA) is 38.8 Å². The first-order chi connectivity index (χ1) is 9.91. The van der Waals surface area contributed by atoms with Crippen molar-refractivity contribution in [2.24, 2.45) is 5.41 Å². The Morgan fingerprint density at radius 3 is 2.62 bits per heavy atom. The van der Waals surface area contributed by atoms with E-state index in [4.69, 9.17) is 9.47 Å². The van der Waals surface area contributed by atoms with Crippen molar-refractivity contribution in [3.05, 3.63) is 12.2 Å². The van der Waals surface area contributed by atoms with Crippen LogP contribution in [0.4, 0.5) is 0 Å². The number of ether oxygens (including phenoxy) is 2. The summed E-state index contributed by atoms with van der Waals surface area (Å²) in [6, 6.07) is 0.449. The maximum atomic E-state index is 12.0. The first-order valence-corrected chi connectivity index (χ1v) is 8.06. The van der Waals surface area contributed by atoms with E-state index in [-0.39, 0.29) is 12.1 Å². The molecule has 0 bridgehead atoms. The fourth-order valence-corrected chi connectivity index (χ4v) is 3.15. The van der Waals surface area contributed by atoms with Crippen LogP contribution >= 0.6 is 0 Å². The molecule has 0 aromatic heterocycles. The predicted octanol–water partition coefficient (Wildman–Crippen LogP) is 2.77. The SMILES string of the molecule is COC1CCCCC1N1CC=CC(OC(=O)C(C)(C)C)C1. The zero-order valence-electron chi connectivity index (χ0n) is 13.8. The van der Waals surface area contributed by atoms with Crippen molar-refractivity contribution in [3.63, 3.8) is 0 Å². The number of nitrogens with zero attached hydrogens (tertiary/aromatic N) is 1. The molecule has 120 valence electrons. The first kappa shape index (κ1) is 16.5. The summed E-state index contributed by atoms with van der Waals surface area (Å²) in [6.45, 7) is 7.38. The van der Waals surface area contributed by atoms with Crippen molar-refractivity contribution < 1.29 is 14.3 Å². The molecule has 1 saturated carbocycles. The van der Waals surface area contributed by atoms with Gasteiger partial charge in [-0.2, -0.15) is 0 Å². The van der Waals surface area contributed by atoms with Gasteiger partial charge in [0.2, 0.25) is 0 Å². The van der Waals surface area contributed by atoms with Gasteiger partial charge in [-0.1, -0.05) is 18.9 Å². The average molecular weight is 295 g/mol. The highest BCUT2D eigenvalue weighted by atomic mass is 16.5. The quantitative estimate of drug-likeness (QED) is 0.593. The lowest BCUT2D eigenvalue weighted by atomic mass is 9.90. The van der Waals surface area contributed by atoms with Crippen LogP contribution in [0.5, 0.6) is 0 Å². The molecule has 0 N–H and O–H groups in total. The molecule has 1 fully saturated rings. The Morgan fingerprint density at radius 1 is 1.24 bits per heavy atom. The lowest BCUT2D eigenvalue weighted by Gasteiger charge is -2.41. The van der Waals surface area contributed by atoms with Gasteiger partial charge in [-0.25, -0.2) is 0 Å². The molecule has 1 heterocycles. The van der Waals surface area contributed by atoms with Gasteiger partial charge >= 0.3 is 5.97 Å². The van der Waals surface area contributed by atoms with Crippen molar-refractivity contribution >= 4 is 5.97 Å². The van der Waals surface area contributed by atoms with E-state index in [1.165, 1.54) is 19.3 Å². The maximum absolute atomic E-state index is 12.0.